The Morgan fingerprint density at radius 3 is 1.78 bits per heavy atom. The Balaban J connectivity index is 1.43. The number of fused-ring (bicyclic) bond motifs is 2. The number of phenolic OH excluding ortho intramolecular Hbond substituents is 1. The average molecular weight is 469 g/mol. The number of hydrogen-bond donors (Lipinski definition) is 1. The van der Waals surface area contributed by atoms with Crippen LogP contribution in [0.15, 0.2) is 115 Å². The highest BCUT2D eigenvalue weighted by molar-refractivity contribution is 5.91. The van der Waals surface area contributed by atoms with E-state index in [9.17, 15) is 9.90 Å². The van der Waals surface area contributed by atoms with E-state index >= 15 is 0 Å². The van der Waals surface area contributed by atoms with E-state index in [0.717, 1.165) is 16.3 Å². The van der Waals surface area contributed by atoms with Gasteiger partial charge >= 0.3 is 5.97 Å². The molecule has 174 valence electrons. The molecule has 0 saturated heterocycles. The molecule has 0 heterocycles. The smallest absolute Gasteiger partial charge is 0.315 e. The Morgan fingerprint density at radius 2 is 1.11 bits per heavy atom. The first kappa shape index (κ1) is 21.0. The molecule has 2 unspecified atom stereocenters. The van der Waals surface area contributed by atoms with Gasteiger partial charge in [0.25, 0.3) is 0 Å². The molecule has 5 aromatic rings. The van der Waals surface area contributed by atoms with Crippen molar-refractivity contribution in [1.29, 1.82) is 0 Å². The molecule has 3 aliphatic carbocycles. The van der Waals surface area contributed by atoms with Crippen molar-refractivity contribution in [2.45, 2.75) is 17.8 Å². The van der Waals surface area contributed by atoms with Crippen LogP contribution in [0.25, 0.3) is 10.8 Å². The summed E-state index contributed by atoms with van der Waals surface area (Å²) >= 11 is 0. The van der Waals surface area contributed by atoms with Crippen LogP contribution >= 0.6 is 0 Å². The van der Waals surface area contributed by atoms with Crippen LogP contribution in [0.4, 0.5) is 0 Å². The molecule has 8 rings (SSSR count). The first-order valence-corrected chi connectivity index (χ1v) is 12.4. The number of carbonyl (C=O) groups excluding carboxylic acids is 1. The fourth-order valence-electron chi connectivity index (χ4n) is 6.56. The molecular formula is C33H24O3. The summed E-state index contributed by atoms with van der Waals surface area (Å²) in [5.41, 5.74) is 5.59. The van der Waals surface area contributed by atoms with Gasteiger partial charge in [-0.15, -0.1) is 0 Å². The van der Waals surface area contributed by atoms with Gasteiger partial charge in [-0.2, -0.15) is 0 Å². The molecule has 1 N–H and O–H groups in total. The molecule has 0 aromatic heterocycles. The quantitative estimate of drug-likeness (QED) is 0.226. The van der Waals surface area contributed by atoms with E-state index in [0.29, 0.717) is 5.75 Å². The van der Waals surface area contributed by atoms with Gasteiger partial charge in [-0.25, -0.2) is 0 Å². The molecule has 3 nitrogen and oxygen atoms in total. The number of aromatic hydroxyl groups is 1. The van der Waals surface area contributed by atoms with Crippen molar-refractivity contribution >= 4 is 16.7 Å². The fourth-order valence-corrected chi connectivity index (χ4v) is 6.56. The van der Waals surface area contributed by atoms with E-state index in [-0.39, 0.29) is 29.5 Å². The number of esters is 1. The van der Waals surface area contributed by atoms with Crippen molar-refractivity contribution in [1.82, 2.24) is 0 Å². The predicted molar refractivity (Wildman–Crippen MR) is 140 cm³/mol. The van der Waals surface area contributed by atoms with Crippen LogP contribution in [0.2, 0.25) is 0 Å². The van der Waals surface area contributed by atoms with E-state index < -0.39 is 5.92 Å². The lowest BCUT2D eigenvalue weighted by Gasteiger charge is -2.49. The van der Waals surface area contributed by atoms with Gasteiger partial charge in [-0.1, -0.05) is 103 Å². The van der Waals surface area contributed by atoms with Gasteiger partial charge in [0.05, 0.1) is 5.92 Å². The zero-order valence-electron chi connectivity index (χ0n) is 19.5. The Morgan fingerprint density at radius 1 is 0.583 bits per heavy atom. The van der Waals surface area contributed by atoms with Gasteiger partial charge in [0, 0.05) is 23.1 Å². The van der Waals surface area contributed by atoms with Gasteiger partial charge < -0.3 is 9.84 Å². The van der Waals surface area contributed by atoms with Crippen molar-refractivity contribution in [3.8, 4) is 11.5 Å². The molecule has 0 radical (unpaired) electrons. The molecular weight excluding hydrogens is 444 g/mol. The van der Waals surface area contributed by atoms with E-state index in [2.05, 4.69) is 36.4 Å². The third-order valence-electron chi connectivity index (χ3n) is 7.97. The largest absolute Gasteiger partial charge is 0.508 e. The second kappa shape index (κ2) is 8.10. The third kappa shape index (κ3) is 3.02. The maximum Gasteiger partial charge on any atom is 0.315 e. The molecule has 0 fully saturated rings. The molecule has 0 saturated carbocycles. The van der Waals surface area contributed by atoms with Gasteiger partial charge in [0.15, 0.2) is 0 Å². The lowest BCUT2D eigenvalue weighted by Crippen LogP contribution is -2.43. The van der Waals surface area contributed by atoms with Crippen molar-refractivity contribution in [2.24, 2.45) is 5.92 Å². The van der Waals surface area contributed by atoms with E-state index in [1.807, 2.05) is 72.8 Å². The highest BCUT2D eigenvalue weighted by atomic mass is 16.5. The molecule has 2 atom stereocenters. The number of benzene rings is 5. The highest BCUT2D eigenvalue weighted by Crippen LogP contribution is 2.62. The summed E-state index contributed by atoms with van der Waals surface area (Å²) in [6.07, 6.45) is 0. The lowest BCUT2D eigenvalue weighted by atomic mass is 9.53. The monoisotopic (exact) mass is 468 g/mol. The normalized spacial score (nSPS) is 21.6. The van der Waals surface area contributed by atoms with Crippen LogP contribution in [0.3, 0.4) is 0 Å². The van der Waals surface area contributed by atoms with Crippen molar-refractivity contribution in [2.75, 3.05) is 0 Å². The van der Waals surface area contributed by atoms with Crippen LogP contribution in [-0.2, 0) is 4.79 Å². The molecule has 3 heteroatoms. The fraction of sp³-hybridized carbons (Fsp3) is 0.121. The summed E-state index contributed by atoms with van der Waals surface area (Å²) in [4.78, 5) is 14.2. The summed E-state index contributed by atoms with van der Waals surface area (Å²) in [6, 6.07) is 38.0. The number of ether oxygens (including phenoxy) is 1. The van der Waals surface area contributed by atoms with E-state index in [1.54, 1.807) is 6.07 Å². The molecule has 36 heavy (non-hydrogen) atoms. The Hall–Kier alpha value is -4.37. The van der Waals surface area contributed by atoms with Gasteiger partial charge in [-0.3, -0.25) is 4.79 Å². The molecule has 0 aliphatic heterocycles. The van der Waals surface area contributed by atoms with Crippen LogP contribution in [0, 0.1) is 5.92 Å². The zero-order chi connectivity index (χ0) is 24.2. The molecule has 3 aliphatic rings. The molecule has 2 bridgehead atoms. The number of phenols is 1. The third-order valence-corrected chi connectivity index (χ3v) is 7.97. The first-order valence-electron chi connectivity index (χ1n) is 12.4. The Kier molecular flexibility index (Phi) is 4.71. The highest BCUT2D eigenvalue weighted by Gasteiger charge is 2.54. The van der Waals surface area contributed by atoms with Crippen LogP contribution in [0.1, 0.15) is 45.6 Å². The van der Waals surface area contributed by atoms with Crippen LogP contribution < -0.4 is 4.74 Å². The maximum atomic E-state index is 14.2. The summed E-state index contributed by atoms with van der Waals surface area (Å²) < 4.78 is 6.22. The summed E-state index contributed by atoms with van der Waals surface area (Å²) in [5.74, 6) is -0.422. The van der Waals surface area contributed by atoms with Crippen LogP contribution in [-0.4, -0.2) is 11.1 Å². The average Bonchev–Trinajstić information content (AvgIpc) is 2.93. The summed E-state index contributed by atoms with van der Waals surface area (Å²) in [6.45, 7) is 0. The van der Waals surface area contributed by atoms with Crippen molar-refractivity contribution in [3.05, 3.63) is 143 Å². The zero-order valence-corrected chi connectivity index (χ0v) is 19.5. The molecule has 0 amide bonds. The summed E-state index contributed by atoms with van der Waals surface area (Å²) in [7, 11) is 0. The van der Waals surface area contributed by atoms with Gasteiger partial charge in [0.1, 0.15) is 11.5 Å². The topological polar surface area (TPSA) is 46.5 Å². The minimum atomic E-state index is -0.480. The Labute approximate surface area is 209 Å². The second-order valence-corrected chi connectivity index (χ2v) is 9.72. The first-order chi connectivity index (χ1) is 17.7. The maximum absolute atomic E-state index is 14.2. The number of rotatable bonds is 3. The van der Waals surface area contributed by atoms with Gasteiger partial charge in [-0.05, 0) is 45.3 Å². The number of carbonyl (C=O) groups is 1. The standard InChI is InChI=1S/C33H24O3/c34-27-18-8-7-17-26(27)31-29-22-13-3-5-15-24(22)30(25-16-6-4-14-23(25)29)32(31)33(35)36-28-19-9-11-20-10-1-2-12-21(20)28/h1-19,29-32,34H. The lowest BCUT2D eigenvalue weighted by molar-refractivity contribution is -0.141. The summed E-state index contributed by atoms with van der Waals surface area (Å²) in [5, 5.41) is 12.9. The van der Waals surface area contributed by atoms with Crippen molar-refractivity contribution in [3.63, 3.8) is 0 Å². The van der Waals surface area contributed by atoms with Crippen LogP contribution in [0.5, 0.6) is 11.5 Å². The minimum absolute atomic E-state index is 0.0548. The second-order valence-electron chi connectivity index (χ2n) is 9.72. The minimum Gasteiger partial charge on any atom is -0.508 e. The number of hydrogen-bond acceptors (Lipinski definition) is 3. The van der Waals surface area contributed by atoms with E-state index in [1.165, 1.54) is 22.3 Å². The van der Waals surface area contributed by atoms with Gasteiger partial charge in [0.2, 0.25) is 0 Å². The Bertz CT molecular complexity index is 1580. The SMILES string of the molecule is O=C(Oc1cccc2ccccc12)C1C2c3ccccc3C(c3ccccc32)C1c1ccccc1O. The molecule has 5 aromatic carbocycles. The van der Waals surface area contributed by atoms with Crippen molar-refractivity contribution < 1.29 is 14.6 Å². The predicted octanol–water partition coefficient (Wildman–Crippen LogP) is 7.14. The number of para-hydroxylation sites is 1. The molecule has 0 spiro atoms. The van der Waals surface area contributed by atoms with E-state index in [4.69, 9.17) is 4.74 Å².